The van der Waals surface area contributed by atoms with E-state index in [1.165, 1.54) is 11.1 Å². The number of hydrogen-bond donors (Lipinski definition) is 3. The number of aryl methyl sites for hydroxylation is 1. The average molecular weight is 505 g/mol. The minimum Gasteiger partial charge on any atom is -0.352 e. The number of rotatable bonds is 6. The SMILES string of the molecule is CCC(NC(N)=O)C(=O)NCC1C(C)CCCN1C(=O)C1CC12CCc1cc(Br)ccc12. The molecule has 1 aromatic rings. The molecule has 2 aliphatic carbocycles. The van der Waals surface area contributed by atoms with Gasteiger partial charge in [0.2, 0.25) is 11.8 Å². The molecular weight excluding hydrogens is 472 g/mol. The maximum absolute atomic E-state index is 13.7. The molecular formula is C24H33BrN4O3. The fourth-order valence-corrected chi connectivity index (χ4v) is 6.25. The third-order valence-electron chi connectivity index (χ3n) is 7.74. The molecule has 1 saturated carbocycles. The Kier molecular flexibility index (Phi) is 6.52. The van der Waals surface area contributed by atoms with Crippen molar-refractivity contribution in [3.8, 4) is 0 Å². The van der Waals surface area contributed by atoms with Gasteiger partial charge in [0.15, 0.2) is 0 Å². The van der Waals surface area contributed by atoms with Crippen LogP contribution in [0, 0.1) is 11.8 Å². The molecule has 2 fully saturated rings. The number of primary amides is 1. The van der Waals surface area contributed by atoms with Crippen molar-refractivity contribution in [1.82, 2.24) is 15.5 Å². The lowest BCUT2D eigenvalue weighted by Crippen LogP contribution is -2.56. The number of carbonyl (C=O) groups excluding carboxylic acids is 3. The van der Waals surface area contributed by atoms with E-state index in [2.05, 4.69) is 51.7 Å². The Morgan fingerprint density at radius 1 is 1.34 bits per heavy atom. The van der Waals surface area contributed by atoms with Crippen LogP contribution < -0.4 is 16.4 Å². The Morgan fingerprint density at radius 3 is 2.84 bits per heavy atom. The second-order valence-corrected chi connectivity index (χ2v) is 10.6. The fraction of sp³-hybridized carbons (Fsp3) is 0.625. The van der Waals surface area contributed by atoms with Crippen LogP contribution in [0.4, 0.5) is 4.79 Å². The normalized spacial score (nSPS) is 29.3. The third-order valence-corrected chi connectivity index (χ3v) is 8.24. The zero-order valence-corrected chi connectivity index (χ0v) is 20.4. The van der Waals surface area contributed by atoms with E-state index < -0.39 is 12.1 Å². The minimum atomic E-state index is -0.710. The molecule has 174 valence electrons. The first-order valence-electron chi connectivity index (χ1n) is 11.7. The summed E-state index contributed by atoms with van der Waals surface area (Å²) in [6, 6.07) is 5.06. The number of urea groups is 1. The van der Waals surface area contributed by atoms with Crippen LogP contribution in [0.25, 0.3) is 0 Å². The summed E-state index contributed by atoms with van der Waals surface area (Å²) in [7, 11) is 0. The van der Waals surface area contributed by atoms with E-state index in [0.717, 1.165) is 43.1 Å². The largest absolute Gasteiger partial charge is 0.352 e. The van der Waals surface area contributed by atoms with Crippen LogP contribution in [0.15, 0.2) is 22.7 Å². The summed E-state index contributed by atoms with van der Waals surface area (Å²) in [5.41, 5.74) is 7.89. The summed E-state index contributed by atoms with van der Waals surface area (Å²) >= 11 is 3.56. The van der Waals surface area contributed by atoms with E-state index in [0.29, 0.717) is 18.9 Å². The van der Waals surface area contributed by atoms with Gasteiger partial charge in [0.05, 0.1) is 6.04 Å². The van der Waals surface area contributed by atoms with Gasteiger partial charge in [-0.1, -0.05) is 35.8 Å². The van der Waals surface area contributed by atoms with Crippen molar-refractivity contribution < 1.29 is 14.4 Å². The molecule has 1 saturated heterocycles. The lowest BCUT2D eigenvalue weighted by molar-refractivity contribution is -0.139. The van der Waals surface area contributed by atoms with Crippen molar-refractivity contribution >= 4 is 33.8 Å². The number of nitrogens with zero attached hydrogens (tertiary/aromatic N) is 1. The number of hydrogen-bond acceptors (Lipinski definition) is 3. The first kappa shape index (κ1) is 23.1. The summed E-state index contributed by atoms with van der Waals surface area (Å²) in [6.07, 6.45) is 5.47. The van der Waals surface area contributed by atoms with E-state index in [1.54, 1.807) is 0 Å². The lowest BCUT2D eigenvalue weighted by Gasteiger charge is -2.41. The predicted octanol–water partition coefficient (Wildman–Crippen LogP) is 2.84. The van der Waals surface area contributed by atoms with Crippen LogP contribution in [-0.4, -0.2) is 47.9 Å². The van der Waals surface area contributed by atoms with Crippen molar-refractivity contribution in [3.05, 3.63) is 33.8 Å². The molecule has 4 rings (SSSR count). The summed E-state index contributed by atoms with van der Waals surface area (Å²) in [6.45, 7) is 5.11. The Hall–Kier alpha value is -2.09. The standard InChI is InChI=1S/C24H33BrN4O3/c1-3-19(28-23(26)32)21(30)27-13-20-14(2)5-4-10-29(20)22(31)18-12-24(18)9-8-15-11-16(25)6-7-17(15)24/h6-7,11,14,18-20H,3-5,8-10,12-13H2,1-2H3,(H,27,30)(H3,26,28,32). The van der Waals surface area contributed by atoms with Crippen molar-refractivity contribution in [2.75, 3.05) is 13.1 Å². The lowest BCUT2D eigenvalue weighted by atomic mass is 9.89. The van der Waals surface area contributed by atoms with E-state index in [1.807, 2.05) is 11.8 Å². The highest BCUT2D eigenvalue weighted by atomic mass is 79.9. The molecule has 1 heterocycles. The molecule has 3 aliphatic rings. The summed E-state index contributed by atoms with van der Waals surface area (Å²) in [5.74, 6) is 0.315. The van der Waals surface area contributed by atoms with Gasteiger partial charge in [0.25, 0.3) is 0 Å². The van der Waals surface area contributed by atoms with Crippen LogP contribution in [0.2, 0.25) is 0 Å². The molecule has 1 spiro atoms. The third kappa shape index (κ3) is 4.26. The Morgan fingerprint density at radius 2 is 2.12 bits per heavy atom. The molecule has 0 bridgehead atoms. The average Bonchev–Trinajstić information content (AvgIpc) is 3.38. The highest BCUT2D eigenvalue weighted by Gasteiger charge is 2.62. The Bertz CT molecular complexity index is 923. The minimum absolute atomic E-state index is 0.000311. The smallest absolute Gasteiger partial charge is 0.312 e. The van der Waals surface area contributed by atoms with Gasteiger partial charge in [0.1, 0.15) is 6.04 Å². The van der Waals surface area contributed by atoms with Crippen LogP contribution >= 0.6 is 15.9 Å². The number of nitrogens with two attached hydrogens (primary N) is 1. The predicted molar refractivity (Wildman–Crippen MR) is 126 cm³/mol. The monoisotopic (exact) mass is 504 g/mol. The first-order chi connectivity index (χ1) is 15.3. The highest BCUT2D eigenvalue weighted by molar-refractivity contribution is 9.10. The van der Waals surface area contributed by atoms with Crippen LogP contribution in [0.1, 0.15) is 57.1 Å². The molecule has 32 heavy (non-hydrogen) atoms. The van der Waals surface area contributed by atoms with Gasteiger partial charge >= 0.3 is 6.03 Å². The number of amides is 4. The van der Waals surface area contributed by atoms with Crippen LogP contribution in [-0.2, 0) is 21.4 Å². The molecule has 5 atom stereocenters. The summed E-state index contributed by atoms with van der Waals surface area (Å²) in [4.78, 5) is 39.4. The van der Waals surface area contributed by atoms with Crippen molar-refractivity contribution in [1.29, 1.82) is 0 Å². The van der Waals surface area contributed by atoms with Gasteiger partial charge in [-0.25, -0.2) is 4.79 Å². The number of piperidine rings is 1. The Balaban J connectivity index is 1.44. The number of benzene rings is 1. The topological polar surface area (TPSA) is 105 Å². The van der Waals surface area contributed by atoms with Crippen molar-refractivity contribution in [2.45, 2.75) is 69.9 Å². The zero-order valence-electron chi connectivity index (χ0n) is 18.8. The summed E-state index contributed by atoms with van der Waals surface area (Å²) in [5, 5.41) is 5.44. The zero-order chi connectivity index (χ0) is 23.0. The van der Waals surface area contributed by atoms with E-state index in [9.17, 15) is 14.4 Å². The summed E-state index contributed by atoms with van der Waals surface area (Å²) < 4.78 is 1.09. The molecule has 8 heteroatoms. The van der Waals surface area contributed by atoms with Crippen LogP contribution in [0.5, 0.6) is 0 Å². The van der Waals surface area contributed by atoms with Gasteiger partial charge in [-0.15, -0.1) is 0 Å². The second kappa shape index (κ2) is 9.04. The number of likely N-dealkylation sites (tertiary alicyclic amines) is 1. The molecule has 1 aromatic carbocycles. The molecule has 7 nitrogen and oxygen atoms in total. The van der Waals surface area contributed by atoms with Gasteiger partial charge in [-0.2, -0.15) is 0 Å². The van der Waals surface area contributed by atoms with Gasteiger partial charge in [-0.05, 0) is 67.7 Å². The number of fused-ring (bicyclic) bond motifs is 2. The van der Waals surface area contributed by atoms with E-state index >= 15 is 0 Å². The van der Waals surface area contributed by atoms with E-state index in [-0.39, 0.29) is 29.2 Å². The van der Waals surface area contributed by atoms with Crippen molar-refractivity contribution in [3.63, 3.8) is 0 Å². The maximum Gasteiger partial charge on any atom is 0.312 e. The fourth-order valence-electron chi connectivity index (χ4n) is 5.84. The molecule has 4 amide bonds. The number of carbonyl (C=O) groups is 3. The molecule has 0 radical (unpaired) electrons. The molecule has 0 aromatic heterocycles. The second-order valence-electron chi connectivity index (χ2n) is 9.65. The van der Waals surface area contributed by atoms with Crippen LogP contribution in [0.3, 0.4) is 0 Å². The highest BCUT2D eigenvalue weighted by Crippen LogP contribution is 2.62. The maximum atomic E-state index is 13.7. The molecule has 5 unspecified atom stereocenters. The quantitative estimate of drug-likeness (QED) is 0.554. The number of nitrogens with one attached hydrogen (secondary N) is 2. The van der Waals surface area contributed by atoms with Crippen molar-refractivity contribution in [2.24, 2.45) is 17.6 Å². The van der Waals surface area contributed by atoms with Gasteiger partial charge < -0.3 is 21.3 Å². The molecule has 4 N–H and O–H groups in total. The molecule has 1 aliphatic heterocycles. The first-order valence-corrected chi connectivity index (χ1v) is 12.5. The Labute approximate surface area is 198 Å². The number of halogens is 1. The van der Waals surface area contributed by atoms with Gasteiger partial charge in [-0.3, -0.25) is 9.59 Å². The van der Waals surface area contributed by atoms with E-state index in [4.69, 9.17) is 5.73 Å². The van der Waals surface area contributed by atoms with Gasteiger partial charge in [0, 0.05) is 28.9 Å².